The lowest BCUT2D eigenvalue weighted by Crippen LogP contribution is -2.01. The van der Waals surface area contributed by atoms with Crippen LogP contribution in [0.4, 0.5) is 0 Å². The van der Waals surface area contributed by atoms with Crippen molar-refractivity contribution >= 4 is 11.1 Å². The van der Waals surface area contributed by atoms with Crippen LogP contribution in [-0.4, -0.2) is 20.1 Å². The summed E-state index contributed by atoms with van der Waals surface area (Å²) in [5, 5.41) is 11.1. The molecular formula is C39H39N3O. The second-order valence-electron chi connectivity index (χ2n) is 10.2. The Morgan fingerprint density at radius 2 is 1.37 bits per heavy atom. The first-order valence-corrected chi connectivity index (χ1v) is 14.6. The number of allylic oxidation sites excluding steroid dienone is 10. The van der Waals surface area contributed by atoms with E-state index in [9.17, 15) is 5.11 Å². The van der Waals surface area contributed by atoms with Crippen molar-refractivity contribution in [3.8, 4) is 39.9 Å². The normalized spacial score (nSPS) is 13.0. The fourth-order valence-electron chi connectivity index (χ4n) is 4.67. The zero-order valence-corrected chi connectivity index (χ0v) is 25.5. The van der Waals surface area contributed by atoms with Crippen LogP contribution in [0.25, 0.3) is 45.3 Å². The van der Waals surface area contributed by atoms with Gasteiger partial charge in [0.1, 0.15) is 5.75 Å². The van der Waals surface area contributed by atoms with Crippen molar-refractivity contribution in [1.29, 1.82) is 0 Å². The van der Waals surface area contributed by atoms with Gasteiger partial charge in [-0.1, -0.05) is 130 Å². The molecular weight excluding hydrogens is 526 g/mol. The van der Waals surface area contributed by atoms with Gasteiger partial charge in [0.25, 0.3) is 0 Å². The average molecular weight is 566 g/mol. The van der Waals surface area contributed by atoms with Gasteiger partial charge in [-0.2, -0.15) is 0 Å². The molecule has 0 saturated carbocycles. The molecule has 0 bridgehead atoms. The highest BCUT2D eigenvalue weighted by Gasteiger charge is 2.16. The van der Waals surface area contributed by atoms with Gasteiger partial charge in [-0.15, -0.1) is 0 Å². The molecule has 4 nitrogen and oxygen atoms in total. The molecule has 0 aliphatic rings. The van der Waals surface area contributed by atoms with Crippen molar-refractivity contribution in [3.63, 3.8) is 0 Å². The van der Waals surface area contributed by atoms with Crippen LogP contribution in [0.5, 0.6) is 5.75 Å². The molecule has 0 saturated heterocycles. The molecule has 1 heterocycles. The van der Waals surface area contributed by atoms with Crippen LogP contribution in [0.1, 0.15) is 56.7 Å². The molecule has 1 aromatic heterocycles. The molecule has 0 aliphatic heterocycles. The van der Waals surface area contributed by atoms with Gasteiger partial charge in [0, 0.05) is 11.1 Å². The van der Waals surface area contributed by atoms with E-state index in [-0.39, 0.29) is 5.75 Å². The fraction of sp³-hybridized carbons (Fsp3) is 0.154. The largest absolute Gasteiger partial charge is 0.507 e. The zero-order valence-electron chi connectivity index (χ0n) is 25.5. The van der Waals surface area contributed by atoms with Crippen molar-refractivity contribution in [3.05, 3.63) is 145 Å². The van der Waals surface area contributed by atoms with Crippen LogP contribution in [0.15, 0.2) is 128 Å². The first-order valence-electron chi connectivity index (χ1n) is 14.6. The minimum Gasteiger partial charge on any atom is -0.507 e. The highest BCUT2D eigenvalue weighted by atomic mass is 16.3. The quantitative estimate of drug-likeness (QED) is 0.184. The molecule has 43 heavy (non-hydrogen) atoms. The van der Waals surface area contributed by atoms with Gasteiger partial charge in [-0.05, 0) is 66.2 Å². The van der Waals surface area contributed by atoms with E-state index in [1.54, 1.807) is 6.08 Å². The molecule has 4 heteroatoms. The van der Waals surface area contributed by atoms with E-state index < -0.39 is 0 Å². The smallest absolute Gasteiger partial charge is 0.167 e. The summed E-state index contributed by atoms with van der Waals surface area (Å²) in [6.45, 7) is 16.0. The number of phenols is 1. The molecule has 4 rings (SSSR count). The van der Waals surface area contributed by atoms with Crippen LogP contribution in [-0.2, 0) is 0 Å². The van der Waals surface area contributed by atoms with Gasteiger partial charge in [0.05, 0.1) is 5.56 Å². The molecule has 1 atom stereocenters. The van der Waals surface area contributed by atoms with Crippen LogP contribution in [0, 0.1) is 0 Å². The van der Waals surface area contributed by atoms with Crippen LogP contribution in [0.3, 0.4) is 0 Å². The van der Waals surface area contributed by atoms with Gasteiger partial charge < -0.3 is 5.11 Å². The lowest BCUT2D eigenvalue weighted by atomic mass is 9.97. The van der Waals surface area contributed by atoms with Gasteiger partial charge in [-0.3, -0.25) is 0 Å². The second-order valence-corrected chi connectivity index (χ2v) is 10.2. The highest BCUT2D eigenvalue weighted by molar-refractivity contribution is 5.78. The Hall–Kier alpha value is -5.09. The third-order valence-corrected chi connectivity index (χ3v) is 7.44. The van der Waals surface area contributed by atoms with Crippen molar-refractivity contribution in [2.24, 2.45) is 0 Å². The Morgan fingerprint density at radius 3 is 1.86 bits per heavy atom. The zero-order chi connectivity index (χ0) is 30.8. The standard InChI is InChI=1S/C39H39N3O/c1-7-12-14-28(10-4)30-16-20-32(21-17-30)37-40-38(33-22-18-31(19-23-33)29(11-5)15-13-8-2)42-39(41-37)35-25-24-34(26-36(35)43)27(6)9-3/h7-8,10-27,43H,1,5,9H2,2-4,6H3/b13-8-,14-12-,28-10+,29-15+. The summed E-state index contributed by atoms with van der Waals surface area (Å²) in [6, 6.07) is 22.0. The first-order chi connectivity index (χ1) is 20.9. The lowest BCUT2D eigenvalue weighted by Gasteiger charge is -2.13. The molecule has 4 aromatic rings. The topological polar surface area (TPSA) is 58.9 Å². The Labute approximate surface area is 255 Å². The highest BCUT2D eigenvalue weighted by Crippen LogP contribution is 2.33. The number of aromatic hydroxyl groups is 1. The third-order valence-electron chi connectivity index (χ3n) is 7.44. The van der Waals surface area contributed by atoms with E-state index in [4.69, 9.17) is 15.0 Å². The monoisotopic (exact) mass is 565 g/mol. The Kier molecular flexibility index (Phi) is 10.5. The molecule has 1 N–H and O–H groups in total. The minimum absolute atomic E-state index is 0.156. The fourth-order valence-corrected chi connectivity index (χ4v) is 4.67. The first kappa shape index (κ1) is 30.9. The number of benzene rings is 3. The number of hydrogen-bond acceptors (Lipinski definition) is 4. The van der Waals surface area contributed by atoms with E-state index in [2.05, 4.69) is 45.2 Å². The maximum atomic E-state index is 11.1. The van der Waals surface area contributed by atoms with Gasteiger partial charge in [0.2, 0.25) is 0 Å². The summed E-state index contributed by atoms with van der Waals surface area (Å²) in [7, 11) is 0. The number of rotatable bonds is 11. The summed E-state index contributed by atoms with van der Waals surface area (Å²) >= 11 is 0. The lowest BCUT2D eigenvalue weighted by molar-refractivity contribution is 0.475. The number of nitrogens with zero attached hydrogens (tertiary/aromatic N) is 3. The van der Waals surface area contributed by atoms with Crippen molar-refractivity contribution < 1.29 is 5.11 Å². The number of phenolic OH excluding ortho intramolecular Hbond substituents is 1. The molecule has 0 spiro atoms. The molecule has 216 valence electrons. The van der Waals surface area contributed by atoms with Crippen LogP contribution >= 0.6 is 0 Å². The molecule has 0 amide bonds. The summed E-state index contributed by atoms with van der Waals surface area (Å²) in [5.41, 5.74) is 7.60. The van der Waals surface area contributed by atoms with E-state index in [1.165, 1.54) is 0 Å². The van der Waals surface area contributed by atoms with E-state index in [0.717, 1.165) is 45.4 Å². The Balaban J connectivity index is 1.83. The second kappa shape index (κ2) is 14.7. The molecule has 0 radical (unpaired) electrons. The maximum absolute atomic E-state index is 11.1. The SMILES string of the molecule is C=C/C=C\C(=C/C)c1ccc(-c2nc(-c3ccc(/C(C=C)=C/C=C\C)cc3)nc(-c3ccc(C(C)CC)cc3O)n2)cc1. The van der Waals surface area contributed by atoms with Crippen molar-refractivity contribution in [1.82, 2.24) is 15.0 Å². The summed E-state index contributed by atoms with van der Waals surface area (Å²) < 4.78 is 0. The predicted octanol–water partition coefficient (Wildman–Crippen LogP) is 10.4. The van der Waals surface area contributed by atoms with E-state index >= 15 is 0 Å². The van der Waals surface area contributed by atoms with Gasteiger partial charge >= 0.3 is 0 Å². The summed E-state index contributed by atoms with van der Waals surface area (Å²) in [6.07, 6.45) is 16.6. The molecule has 3 aromatic carbocycles. The number of hydrogen-bond donors (Lipinski definition) is 1. The van der Waals surface area contributed by atoms with E-state index in [0.29, 0.717) is 29.0 Å². The summed E-state index contributed by atoms with van der Waals surface area (Å²) in [4.78, 5) is 14.6. The third kappa shape index (κ3) is 7.41. The summed E-state index contributed by atoms with van der Waals surface area (Å²) in [5.74, 6) is 1.98. The average Bonchev–Trinajstić information content (AvgIpc) is 3.05. The molecule has 0 aliphatic carbocycles. The van der Waals surface area contributed by atoms with Crippen LogP contribution in [0.2, 0.25) is 0 Å². The van der Waals surface area contributed by atoms with Gasteiger partial charge in [-0.25, -0.2) is 15.0 Å². The Bertz CT molecular complexity index is 1700. The minimum atomic E-state index is 0.156. The number of aromatic nitrogens is 3. The predicted molar refractivity (Wildman–Crippen MR) is 182 cm³/mol. The van der Waals surface area contributed by atoms with Crippen molar-refractivity contribution in [2.75, 3.05) is 0 Å². The van der Waals surface area contributed by atoms with Crippen LogP contribution < -0.4 is 0 Å². The molecule has 1 unspecified atom stereocenters. The van der Waals surface area contributed by atoms with E-state index in [1.807, 2.05) is 105 Å². The van der Waals surface area contributed by atoms with Crippen molar-refractivity contribution in [2.45, 2.75) is 40.0 Å². The maximum Gasteiger partial charge on any atom is 0.167 e. The Morgan fingerprint density at radius 1 is 0.791 bits per heavy atom. The molecule has 0 fully saturated rings. The van der Waals surface area contributed by atoms with Gasteiger partial charge in [0.15, 0.2) is 17.5 Å².